The monoisotopic (exact) mass is 353 g/mol. The molecule has 6 heteroatoms. The smallest absolute Gasteiger partial charge is 0.201 e. The predicted molar refractivity (Wildman–Crippen MR) is 82.4 cm³/mol. The molecule has 3 aromatic rings. The predicted octanol–water partition coefficient (Wildman–Crippen LogP) is 4.22. The van der Waals surface area contributed by atoms with E-state index < -0.39 is 5.82 Å². The summed E-state index contributed by atoms with van der Waals surface area (Å²) in [5, 5.41) is 0.105. The topological polar surface area (TPSA) is 43.8 Å². The van der Waals surface area contributed by atoms with E-state index in [2.05, 4.69) is 20.9 Å². The van der Waals surface area contributed by atoms with Gasteiger partial charge in [-0.3, -0.25) is 0 Å². The summed E-state index contributed by atoms with van der Waals surface area (Å²) in [6.07, 6.45) is 0. The molecule has 0 fully saturated rings. The normalized spacial score (nSPS) is 11.2. The second-order valence-electron chi connectivity index (χ2n) is 4.44. The fourth-order valence-corrected chi connectivity index (χ4v) is 2.66. The second kappa shape index (κ2) is 5.07. The van der Waals surface area contributed by atoms with Crippen molar-refractivity contribution < 1.29 is 4.39 Å². The molecular formula is C14H10BrClFN3. The van der Waals surface area contributed by atoms with Crippen molar-refractivity contribution in [3.05, 3.63) is 57.3 Å². The Bertz CT molecular complexity index is 800. The van der Waals surface area contributed by atoms with E-state index in [-0.39, 0.29) is 5.02 Å². The molecule has 0 radical (unpaired) electrons. The van der Waals surface area contributed by atoms with Crippen molar-refractivity contribution in [2.75, 3.05) is 5.73 Å². The van der Waals surface area contributed by atoms with Gasteiger partial charge in [0.05, 0.1) is 22.6 Å². The minimum Gasteiger partial charge on any atom is -0.369 e. The Morgan fingerprint density at radius 3 is 2.80 bits per heavy atom. The number of halogens is 3. The molecule has 0 amide bonds. The molecule has 20 heavy (non-hydrogen) atoms. The van der Waals surface area contributed by atoms with Crippen LogP contribution < -0.4 is 5.73 Å². The first-order valence-corrected chi connectivity index (χ1v) is 7.07. The van der Waals surface area contributed by atoms with Crippen LogP contribution in [0.5, 0.6) is 0 Å². The fraction of sp³-hybridized carbons (Fsp3) is 0.0714. The fourth-order valence-electron chi connectivity index (χ4n) is 2.11. The maximum absolute atomic E-state index is 13.2. The Morgan fingerprint density at radius 2 is 2.05 bits per heavy atom. The van der Waals surface area contributed by atoms with E-state index in [1.807, 2.05) is 22.8 Å². The summed E-state index contributed by atoms with van der Waals surface area (Å²) in [6, 6.07) is 10.4. The highest BCUT2D eigenvalue weighted by Crippen LogP contribution is 2.24. The zero-order valence-electron chi connectivity index (χ0n) is 10.3. The average Bonchev–Trinajstić information content (AvgIpc) is 2.69. The molecule has 1 heterocycles. The van der Waals surface area contributed by atoms with Gasteiger partial charge in [-0.15, -0.1) is 0 Å². The minimum absolute atomic E-state index is 0.105. The van der Waals surface area contributed by atoms with Gasteiger partial charge in [0.2, 0.25) is 5.95 Å². The Kier molecular flexibility index (Phi) is 3.40. The molecule has 0 saturated heterocycles. The Labute approximate surface area is 128 Å². The Balaban J connectivity index is 2.05. The molecule has 0 atom stereocenters. The largest absolute Gasteiger partial charge is 0.369 e. The summed E-state index contributed by atoms with van der Waals surface area (Å²) in [7, 11) is 0. The van der Waals surface area contributed by atoms with Crippen LogP contribution in [0.25, 0.3) is 11.0 Å². The van der Waals surface area contributed by atoms with Gasteiger partial charge in [-0.2, -0.15) is 0 Å². The van der Waals surface area contributed by atoms with Crippen molar-refractivity contribution in [1.82, 2.24) is 9.55 Å². The molecule has 0 spiro atoms. The highest BCUT2D eigenvalue weighted by Gasteiger charge is 2.10. The van der Waals surface area contributed by atoms with E-state index in [0.29, 0.717) is 12.5 Å². The number of fused-ring (bicyclic) bond motifs is 1. The third-order valence-electron chi connectivity index (χ3n) is 3.06. The van der Waals surface area contributed by atoms with Crippen molar-refractivity contribution in [3.63, 3.8) is 0 Å². The lowest BCUT2D eigenvalue weighted by Crippen LogP contribution is -2.04. The summed E-state index contributed by atoms with van der Waals surface area (Å²) in [5.41, 5.74) is 8.55. The van der Waals surface area contributed by atoms with Gasteiger partial charge in [0.25, 0.3) is 0 Å². The van der Waals surface area contributed by atoms with Crippen LogP contribution in [0.1, 0.15) is 5.56 Å². The summed E-state index contributed by atoms with van der Waals surface area (Å²) in [5.74, 6) is -0.0126. The van der Waals surface area contributed by atoms with Gasteiger partial charge in [-0.25, -0.2) is 9.37 Å². The number of nitrogen functional groups attached to an aromatic ring is 1. The summed E-state index contributed by atoms with van der Waals surface area (Å²) >= 11 is 9.20. The molecule has 2 aromatic carbocycles. The number of imidazole rings is 1. The van der Waals surface area contributed by atoms with E-state index in [0.717, 1.165) is 21.1 Å². The molecule has 3 rings (SSSR count). The highest BCUT2D eigenvalue weighted by molar-refractivity contribution is 9.10. The summed E-state index contributed by atoms with van der Waals surface area (Å²) in [4.78, 5) is 4.31. The van der Waals surface area contributed by atoms with E-state index in [1.165, 1.54) is 6.07 Å². The van der Waals surface area contributed by atoms with Crippen molar-refractivity contribution in [2.45, 2.75) is 6.54 Å². The van der Waals surface area contributed by atoms with Gasteiger partial charge < -0.3 is 10.3 Å². The molecule has 0 aliphatic rings. The third kappa shape index (κ3) is 2.39. The van der Waals surface area contributed by atoms with Gasteiger partial charge in [-0.1, -0.05) is 33.6 Å². The van der Waals surface area contributed by atoms with Crippen molar-refractivity contribution in [3.8, 4) is 0 Å². The van der Waals surface area contributed by atoms with Gasteiger partial charge in [0, 0.05) is 4.47 Å². The number of hydrogen-bond donors (Lipinski definition) is 1. The van der Waals surface area contributed by atoms with Crippen LogP contribution >= 0.6 is 27.5 Å². The number of nitrogens with zero attached hydrogens (tertiary/aromatic N) is 2. The third-order valence-corrected chi connectivity index (χ3v) is 3.85. The molecule has 0 aliphatic heterocycles. The first-order valence-electron chi connectivity index (χ1n) is 5.90. The first-order chi connectivity index (χ1) is 9.54. The zero-order valence-corrected chi connectivity index (χ0v) is 12.6. The first kappa shape index (κ1) is 13.4. The molecule has 1 aromatic heterocycles. The molecule has 0 bridgehead atoms. The molecule has 0 unspecified atom stereocenters. The molecule has 2 N–H and O–H groups in total. The molecular weight excluding hydrogens is 345 g/mol. The number of rotatable bonds is 2. The Morgan fingerprint density at radius 1 is 1.25 bits per heavy atom. The van der Waals surface area contributed by atoms with Crippen molar-refractivity contribution in [1.29, 1.82) is 0 Å². The second-order valence-corrected chi connectivity index (χ2v) is 5.76. The van der Waals surface area contributed by atoms with E-state index in [1.54, 1.807) is 12.1 Å². The van der Waals surface area contributed by atoms with Gasteiger partial charge in [0.1, 0.15) is 5.82 Å². The maximum atomic E-state index is 13.2. The van der Waals surface area contributed by atoms with E-state index in [4.69, 9.17) is 17.3 Å². The van der Waals surface area contributed by atoms with Crippen molar-refractivity contribution in [2.24, 2.45) is 0 Å². The number of aromatic nitrogens is 2. The Hall–Kier alpha value is -1.59. The van der Waals surface area contributed by atoms with Crippen molar-refractivity contribution >= 4 is 44.5 Å². The standard InChI is InChI=1S/C14H10BrClFN3/c15-9-2-4-13-12(6-9)19-14(18)20(13)7-8-1-3-11(17)10(16)5-8/h1-6H,7H2,(H2,18,19). The number of hydrogen-bond acceptors (Lipinski definition) is 2. The maximum Gasteiger partial charge on any atom is 0.201 e. The highest BCUT2D eigenvalue weighted by atomic mass is 79.9. The number of anilines is 1. The van der Waals surface area contributed by atoms with E-state index >= 15 is 0 Å². The zero-order chi connectivity index (χ0) is 14.3. The molecule has 3 nitrogen and oxygen atoms in total. The lowest BCUT2D eigenvalue weighted by atomic mass is 10.2. The average molecular weight is 355 g/mol. The lowest BCUT2D eigenvalue weighted by Gasteiger charge is -2.07. The van der Waals surface area contributed by atoms with Crippen LogP contribution in [0.2, 0.25) is 5.02 Å². The minimum atomic E-state index is -0.428. The van der Waals surface area contributed by atoms with Gasteiger partial charge in [-0.05, 0) is 35.9 Å². The van der Waals surface area contributed by atoms with Crippen LogP contribution in [0.15, 0.2) is 40.9 Å². The summed E-state index contributed by atoms with van der Waals surface area (Å²) in [6.45, 7) is 0.490. The quantitative estimate of drug-likeness (QED) is 0.749. The van der Waals surface area contributed by atoms with E-state index in [9.17, 15) is 4.39 Å². The molecule has 0 aliphatic carbocycles. The van der Waals surface area contributed by atoms with Crippen LogP contribution in [0, 0.1) is 5.82 Å². The SMILES string of the molecule is Nc1nc2cc(Br)ccc2n1Cc1ccc(F)c(Cl)c1. The number of nitrogens with two attached hydrogens (primary N) is 1. The van der Waals surface area contributed by atoms with Crippen LogP contribution in [0.4, 0.5) is 10.3 Å². The van der Waals surface area contributed by atoms with Crippen LogP contribution in [-0.4, -0.2) is 9.55 Å². The van der Waals surface area contributed by atoms with Crippen LogP contribution in [0.3, 0.4) is 0 Å². The molecule has 102 valence electrons. The van der Waals surface area contributed by atoms with Gasteiger partial charge in [0.15, 0.2) is 0 Å². The van der Waals surface area contributed by atoms with Crippen LogP contribution in [-0.2, 0) is 6.54 Å². The molecule has 0 saturated carbocycles. The van der Waals surface area contributed by atoms with Gasteiger partial charge >= 0.3 is 0 Å². The lowest BCUT2D eigenvalue weighted by molar-refractivity contribution is 0.627. The number of benzene rings is 2. The summed E-state index contributed by atoms with van der Waals surface area (Å²) < 4.78 is 16.0.